The summed E-state index contributed by atoms with van der Waals surface area (Å²) in [7, 11) is 0. The molecular weight excluding hydrogens is 296 g/mol. The van der Waals surface area contributed by atoms with E-state index in [0.29, 0.717) is 5.82 Å². The number of hydrogen-bond donors (Lipinski definition) is 1. The number of halogens is 1. The Labute approximate surface area is 133 Å². The lowest BCUT2D eigenvalue weighted by Crippen LogP contribution is -2.18. The topological polar surface area (TPSA) is 50.7 Å². The van der Waals surface area contributed by atoms with Crippen molar-refractivity contribution in [2.45, 2.75) is 25.3 Å². The summed E-state index contributed by atoms with van der Waals surface area (Å²) in [5, 5.41) is 3.77. The molecule has 1 atom stereocenters. The zero-order valence-electron chi connectivity index (χ0n) is 12.0. The summed E-state index contributed by atoms with van der Waals surface area (Å²) < 4.78 is 0. The van der Waals surface area contributed by atoms with Gasteiger partial charge in [0, 0.05) is 6.20 Å². The number of anilines is 1. The predicted molar refractivity (Wildman–Crippen MR) is 88.1 cm³/mol. The second kappa shape index (κ2) is 5.54. The van der Waals surface area contributed by atoms with Crippen LogP contribution in [-0.2, 0) is 6.42 Å². The Kier molecular flexibility index (Phi) is 3.39. The highest BCUT2D eigenvalue weighted by Gasteiger charge is 2.21. The van der Waals surface area contributed by atoms with Crippen LogP contribution in [0.3, 0.4) is 0 Å². The Bertz CT molecular complexity index is 834. The van der Waals surface area contributed by atoms with Crippen LogP contribution in [-0.4, -0.2) is 15.0 Å². The number of nitrogens with one attached hydrogen (secondary N) is 1. The van der Waals surface area contributed by atoms with Crippen LogP contribution >= 0.6 is 11.6 Å². The third-order valence-electron chi connectivity index (χ3n) is 4.11. The summed E-state index contributed by atoms with van der Waals surface area (Å²) in [5.41, 5.74) is 4.26. The molecule has 0 fully saturated rings. The van der Waals surface area contributed by atoms with Gasteiger partial charge < -0.3 is 5.32 Å². The average Bonchev–Trinajstić information content (AvgIpc) is 2.55. The van der Waals surface area contributed by atoms with Crippen molar-refractivity contribution in [1.29, 1.82) is 0 Å². The van der Waals surface area contributed by atoms with E-state index in [0.717, 1.165) is 23.9 Å². The van der Waals surface area contributed by atoms with Gasteiger partial charge in [-0.05, 0) is 54.1 Å². The maximum atomic E-state index is 6.05. The summed E-state index contributed by atoms with van der Waals surface area (Å²) in [6.07, 6.45) is 5.13. The van der Waals surface area contributed by atoms with Gasteiger partial charge in [-0.1, -0.05) is 24.3 Å². The van der Waals surface area contributed by atoms with Crippen molar-refractivity contribution < 1.29 is 0 Å². The summed E-state index contributed by atoms with van der Waals surface area (Å²) in [5.74, 6) is 0.706. The first-order valence-electron chi connectivity index (χ1n) is 7.44. The van der Waals surface area contributed by atoms with Crippen LogP contribution in [0.25, 0.3) is 11.0 Å². The van der Waals surface area contributed by atoms with Crippen LogP contribution < -0.4 is 5.32 Å². The van der Waals surface area contributed by atoms with Crippen LogP contribution in [0.15, 0.2) is 42.6 Å². The number of aryl methyl sites for hydroxylation is 1. The quantitative estimate of drug-likeness (QED) is 0.722. The normalized spacial score (nSPS) is 17.2. The number of pyridine rings is 1. The van der Waals surface area contributed by atoms with E-state index in [4.69, 9.17) is 11.6 Å². The molecule has 110 valence electrons. The lowest BCUT2D eigenvalue weighted by Gasteiger charge is -2.27. The van der Waals surface area contributed by atoms with Crippen molar-refractivity contribution >= 4 is 28.5 Å². The van der Waals surface area contributed by atoms with E-state index < -0.39 is 0 Å². The molecule has 22 heavy (non-hydrogen) atoms. The first kappa shape index (κ1) is 13.5. The monoisotopic (exact) mass is 310 g/mol. The van der Waals surface area contributed by atoms with Crippen LogP contribution in [0.4, 0.5) is 5.82 Å². The summed E-state index contributed by atoms with van der Waals surface area (Å²) >= 11 is 6.05. The largest absolute Gasteiger partial charge is 0.361 e. The number of benzene rings is 1. The van der Waals surface area contributed by atoms with Gasteiger partial charge in [0.1, 0.15) is 5.52 Å². The SMILES string of the molecule is Clc1nc(NC2CCCc3ccccc32)c2ncccc2n1. The minimum Gasteiger partial charge on any atom is -0.361 e. The molecule has 2 heterocycles. The van der Waals surface area contributed by atoms with E-state index in [9.17, 15) is 0 Å². The molecule has 1 aromatic carbocycles. The van der Waals surface area contributed by atoms with Crippen molar-refractivity contribution in [3.63, 3.8) is 0 Å². The fraction of sp³-hybridized carbons (Fsp3) is 0.235. The van der Waals surface area contributed by atoms with Gasteiger partial charge in [-0.15, -0.1) is 0 Å². The zero-order valence-corrected chi connectivity index (χ0v) is 12.7. The molecule has 1 unspecified atom stereocenters. The Morgan fingerprint density at radius 3 is 2.95 bits per heavy atom. The van der Waals surface area contributed by atoms with Crippen molar-refractivity contribution in [1.82, 2.24) is 15.0 Å². The van der Waals surface area contributed by atoms with Gasteiger partial charge in [-0.3, -0.25) is 4.98 Å². The smallest absolute Gasteiger partial charge is 0.225 e. The van der Waals surface area contributed by atoms with Gasteiger partial charge >= 0.3 is 0 Å². The molecule has 4 nitrogen and oxygen atoms in total. The van der Waals surface area contributed by atoms with Gasteiger partial charge in [0.2, 0.25) is 5.28 Å². The fourth-order valence-corrected chi connectivity index (χ4v) is 3.28. The molecule has 5 heteroatoms. The highest BCUT2D eigenvalue weighted by molar-refractivity contribution is 6.28. The molecule has 0 aliphatic heterocycles. The molecule has 0 amide bonds. The molecule has 0 saturated carbocycles. The number of rotatable bonds is 2. The Morgan fingerprint density at radius 2 is 2.00 bits per heavy atom. The highest BCUT2D eigenvalue weighted by Crippen LogP contribution is 2.33. The standard InChI is InChI=1S/C17H15ClN4/c18-17-21-14-9-4-10-19-15(14)16(22-17)20-13-8-3-6-11-5-1-2-7-12(11)13/h1-2,4-5,7,9-10,13H,3,6,8H2,(H,20,21,22). The number of nitrogens with zero attached hydrogens (tertiary/aromatic N) is 3. The number of hydrogen-bond acceptors (Lipinski definition) is 4. The molecule has 2 aromatic heterocycles. The minimum absolute atomic E-state index is 0.237. The number of fused-ring (bicyclic) bond motifs is 2. The van der Waals surface area contributed by atoms with Crippen molar-refractivity contribution in [2.75, 3.05) is 5.32 Å². The summed E-state index contributed by atoms with van der Waals surface area (Å²) in [4.78, 5) is 13.0. The molecule has 1 aliphatic rings. The second-order valence-corrected chi connectivity index (χ2v) is 5.84. The van der Waals surface area contributed by atoms with E-state index in [1.54, 1.807) is 6.20 Å². The average molecular weight is 311 g/mol. The minimum atomic E-state index is 0.237. The van der Waals surface area contributed by atoms with Crippen molar-refractivity contribution in [3.05, 3.63) is 59.0 Å². The highest BCUT2D eigenvalue weighted by atomic mass is 35.5. The van der Waals surface area contributed by atoms with Crippen LogP contribution in [0, 0.1) is 0 Å². The van der Waals surface area contributed by atoms with Crippen molar-refractivity contribution in [3.8, 4) is 0 Å². The molecule has 0 spiro atoms. The maximum absolute atomic E-state index is 6.05. The van der Waals surface area contributed by atoms with Crippen LogP contribution in [0.1, 0.15) is 30.0 Å². The molecule has 1 aliphatic carbocycles. The van der Waals surface area contributed by atoms with Crippen LogP contribution in [0.2, 0.25) is 5.28 Å². The Balaban J connectivity index is 1.76. The molecule has 0 radical (unpaired) electrons. The number of aromatic nitrogens is 3. The molecule has 0 saturated heterocycles. The predicted octanol–water partition coefficient (Wildman–Crippen LogP) is 4.17. The molecule has 1 N–H and O–H groups in total. The zero-order chi connectivity index (χ0) is 14.9. The Morgan fingerprint density at radius 1 is 1.09 bits per heavy atom. The second-order valence-electron chi connectivity index (χ2n) is 5.50. The van der Waals surface area contributed by atoms with E-state index in [1.165, 1.54) is 17.5 Å². The van der Waals surface area contributed by atoms with E-state index in [1.807, 2.05) is 12.1 Å². The van der Waals surface area contributed by atoms with Crippen LogP contribution in [0.5, 0.6) is 0 Å². The lowest BCUT2D eigenvalue weighted by atomic mass is 9.88. The van der Waals surface area contributed by atoms with Gasteiger partial charge in [0.15, 0.2) is 5.82 Å². The van der Waals surface area contributed by atoms with Gasteiger partial charge in [0.25, 0.3) is 0 Å². The molecule has 0 bridgehead atoms. The molecular formula is C17H15ClN4. The van der Waals surface area contributed by atoms with E-state index in [2.05, 4.69) is 44.5 Å². The first-order valence-corrected chi connectivity index (χ1v) is 7.82. The third-order valence-corrected chi connectivity index (χ3v) is 4.28. The van der Waals surface area contributed by atoms with Gasteiger partial charge in [0.05, 0.1) is 11.6 Å². The summed E-state index contributed by atoms with van der Waals surface area (Å²) in [6.45, 7) is 0. The lowest BCUT2D eigenvalue weighted by molar-refractivity contribution is 0.599. The van der Waals surface area contributed by atoms with E-state index in [-0.39, 0.29) is 11.3 Å². The molecule has 4 rings (SSSR count). The van der Waals surface area contributed by atoms with Crippen molar-refractivity contribution in [2.24, 2.45) is 0 Å². The molecule has 3 aromatic rings. The summed E-state index contributed by atoms with van der Waals surface area (Å²) in [6, 6.07) is 12.6. The third kappa shape index (κ3) is 2.40. The first-order chi connectivity index (χ1) is 10.8. The van der Waals surface area contributed by atoms with E-state index >= 15 is 0 Å². The van der Waals surface area contributed by atoms with Gasteiger partial charge in [-0.25, -0.2) is 4.98 Å². The Hall–Kier alpha value is -2.20. The van der Waals surface area contributed by atoms with Gasteiger partial charge in [-0.2, -0.15) is 4.98 Å². The fourth-order valence-electron chi connectivity index (χ4n) is 3.11. The maximum Gasteiger partial charge on any atom is 0.225 e.